The Morgan fingerprint density at radius 1 is 1.33 bits per heavy atom. The van der Waals surface area contributed by atoms with Gasteiger partial charge in [-0.2, -0.15) is 0 Å². The molecule has 0 saturated carbocycles. The lowest BCUT2D eigenvalue weighted by Gasteiger charge is -2.02. The zero-order valence-corrected chi connectivity index (χ0v) is 6.81. The first kappa shape index (κ1) is 9.13. The Morgan fingerprint density at radius 3 is 2.67 bits per heavy atom. The molecule has 0 aliphatic rings. The Labute approximate surface area is 70.0 Å². The highest BCUT2D eigenvalue weighted by molar-refractivity contribution is 5.17. The minimum atomic E-state index is -0.562. The maximum absolute atomic E-state index is 12.9. The molecule has 0 saturated heterocycles. The summed E-state index contributed by atoms with van der Waals surface area (Å²) in [5.41, 5.74) is 0.387. The van der Waals surface area contributed by atoms with Gasteiger partial charge in [0.15, 0.2) is 0 Å². The molecule has 0 fully saturated rings. The number of hydrogen-bond donors (Lipinski definition) is 0. The molecule has 0 heterocycles. The van der Waals surface area contributed by atoms with Gasteiger partial charge in [0.25, 0.3) is 0 Å². The first-order valence-corrected chi connectivity index (χ1v) is 3.75. The van der Waals surface area contributed by atoms with Crippen LogP contribution in [0.3, 0.4) is 0 Å². The quantitative estimate of drug-likeness (QED) is 0.680. The van der Waals surface area contributed by atoms with Gasteiger partial charge >= 0.3 is 0 Å². The molecule has 1 rings (SSSR count). The molecule has 0 aromatic heterocycles. The maximum atomic E-state index is 12.9. The summed E-state index contributed by atoms with van der Waals surface area (Å²) in [6.07, 6.45) is 0. The van der Waals surface area contributed by atoms with Gasteiger partial charge in [-0.1, -0.05) is 6.07 Å². The van der Waals surface area contributed by atoms with Gasteiger partial charge < -0.3 is 4.74 Å². The Hall–Kier alpha value is -0.960. The summed E-state index contributed by atoms with van der Waals surface area (Å²) in [5, 5.41) is 0. The second kappa shape index (κ2) is 4.16. The summed E-state index contributed by atoms with van der Waals surface area (Å²) in [7, 11) is 0. The van der Waals surface area contributed by atoms with Gasteiger partial charge in [-0.15, -0.1) is 0 Å². The maximum Gasteiger partial charge on any atom is 0.131 e. The van der Waals surface area contributed by atoms with Crippen LogP contribution in [0.1, 0.15) is 12.5 Å². The second-order valence-electron chi connectivity index (χ2n) is 2.37. The summed E-state index contributed by atoms with van der Waals surface area (Å²) in [5.74, 6) is -1.11. The molecule has 0 spiro atoms. The van der Waals surface area contributed by atoms with Gasteiger partial charge in [0.05, 0.1) is 6.61 Å². The third-order valence-corrected chi connectivity index (χ3v) is 1.48. The van der Waals surface area contributed by atoms with Gasteiger partial charge in [0, 0.05) is 18.2 Å². The van der Waals surface area contributed by atoms with Crippen molar-refractivity contribution < 1.29 is 13.5 Å². The lowest BCUT2D eigenvalue weighted by molar-refractivity contribution is 0.131. The number of hydrogen-bond acceptors (Lipinski definition) is 1. The highest BCUT2D eigenvalue weighted by atomic mass is 19.1. The van der Waals surface area contributed by atoms with E-state index >= 15 is 0 Å². The molecule has 0 radical (unpaired) electrons. The van der Waals surface area contributed by atoms with Crippen molar-refractivity contribution in [2.24, 2.45) is 0 Å². The fraction of sp³-hybridized carbons (Fsp3) is 0.333. The van der Waals surface area contributed by atoms with E-state index in [4.69, 9.17) is 4.74 Å². The molecule has 0 bridgehead atoms. The van der Waals surface area contributed by atoms with E-state index in [0.29, 0.717) is 12.2 Å². The molecule has 1 aromatic rings. The van der Waals surface area contributed by atoms with E-state index in [-0.39, 0.29) is 6.61 Å². The van der Waals surface area contributed by atoms with Gasteiger partial charge in [0.1, 0.15) is 11.6 Å². The average molecular weight is 172 g/mol. The van der Waals surface area contributed by atoms with Crippen molar-refractivity contribution in [2.45, 2.75) is 13.5 Å². The van der Waals surface area contributed by atoms with E-state index in [9.17, 15) is 8.78 Å². The molecule has 0 aliphatic carbocycles. The Kier molecular flexibility index (Phi) is 3.17. The molecule has 0 aliphatic heterocycles. The largest absolute Gasteiger partial charge is 0.377 e. The van der Waals surface area contributed by atoms with Crippen molar-refractivity contribution in [1.29, 1.82) is 0 Å². The van der Waals surface area contributed by atoms with Gasteiger partial charge in [-0.25, -0.2) is 8.78 Å². The van der Waals surface area contributed by atoms with Gasteiger partial charge in [-0.3, -0.25) is 0 Å². The Morgan fingerprint density at radius 2 is 2.08 bits per heavy atom. The number of halogens is 2. The van der Waals surface area contributed by atoms with Crippen LogP contribution in [-0.4, -0.2) is 6.61 Å². The predicted molar refractivity (Wildman–Crippen MR) is 41.7 cm³/mol. The lowest BCUT2D eigenvalue weighted by atomic mass is 10.2. The number of benzene rings is 1. The van der Waals surface area contributed by atoms with Crippen molar-refractivity contribution in [3.8, 4) is 0 Å². The monoisotopic (exact) mass is 172 g/mol. The Bertz CT molecular complexity index is 261. The van der Waals surface area contributed by atoms with Crippen LogP contribution in [0.2, 0.25) is 0 Å². The van der Waals surface area contributed by atoms with E-state index in [2.05, 4.69) is 0 Å². The predicted octanol–water partition coefficient (Wildman–Crippen LogP) is 2.50. The molecule has 0 atom stereocenters. The molecule has 66 valence electrons. The van der Waals surface area contributed by atoms with Gasteiger partial charge in [0.2, 0.25) is 0 Å². The molecule has 1 aromatic carbocycles. The van der Waals surface area contributed by atoms with Crippen molar-refractivity contribution in [3.05, 3.63) is 35.4 Å². The second-order valence-corrected chi connectivity index (χ2v) is 2.37. The fourth-order valence-electron chi connectivity index (χ4n) is 0.851. The third-order valence-electron chi connectivity index (χ3n) is 1.48. The summed E-state index contributed by atoms with van der Waals surface area (Å²) in [6, 6.07) is 3.46. The highest BCUT2D eigenvalue weighted by Crippen LogP contribution is 2.10. The van der Waals surface area contributed by atoms with Crippen LogP contribution in [0, 0.1) is 11.6 Å². The van der Waals surface area contributed by atoms with E-state index in [0.717, 1.165) is 6.07 Å². The zero-order chi connectivity index (χ0) is 8.97. The molecule has 0 amide bonds. The van der Waals surface area contributed by atoms with Crippen molar-refractivity contribution >= 4 is 0 Å². The van der Waals surface area contributed by atoms with Crippen LogP contribution in [0.4, 0.5) is 8.78 Å². The molecule has 1 nitrogen and oxygen atoms in total. The van der Waals surface area contributed by atoms with Crippen LogP contribution in [0.25, 0.3) is 0 Å². The number of rotatable bonds is 3. The Balaban J connectivity index is 2.72. The van der Waals surface area contributed by atoms with Crippen molar-refractivity contribution in [2.75, 3.05) is 6.61 Å². The van der Waals surface area contributed by atoms with Gasteiger partial charge in [-0.05, 0) is 13.0 Å². The van der Waals surface area contributed by atoms with E-state index < -0.39 is 11.6 Å². The number of ether oxygens (including phenoxy) is 1. The third kappa shape index (κ3) is 2.27. The molecular weight excluding hydrogens is 162 g/mol. The lowest BCUT2D eigenvalue weighted by Crippen LogP contribution is -1.95. The molecule has 0 unspecified atom stereocenters. The summed E-state index contributed by atoms with van der Waals surface area (Å²) < 4.78 is 30.2. The normalized spacial score (nSPS) is 10.2. The first-order chi connectivity index (χ1) is 5.74. The highest BCUT2D eigenvalue weighted by Gasteiger charge is 2.02. The smallest absolute Gasteiger partial charge is 0.131 e. The summed E-state index contributed by atoms with van der Waals surface area (Å²) in [6.45, 7) is 2.54. The van der Waals surface area contributed by atoms with Crippen LogP contribution < -0.4 is 0 Å². The molecule has 3 heteroatoms. The molecular formula is C9H10F2O. The van der Waals surface area contributed by atoms with E-state index in [1.54, 1.807) is 0 Å². The minimum Gasteiger partial charge on any atom is -0.377 e. The van der Waals surface area contributed by atoms with Crippen LogP contribution in [0.15, 0.2) is 18.2 Å². The van der Waals surface area contributed by atoms with Crippen LogP contribution in [-0.2, 0) is 11.3 Å². The SMILES string of the molecule is CCOCc1ccc(F)cc1F. The van der Waals surface area contributed by atoms with Crippen LogP contribution >= 0.6 is 0 Å². The van der Waals surface area contributed by atoms with Crippen molar-refractivity contribution in [3.63, 3.8) is 0 Å². The minimum absolute atomic E-state index is 0.197. The van der Waals surface area contributed by atoms with Crippen LogP contribution in [0.5, 0.6) is 0 Å². The summed E-state index contributed by atoms with van der Waals surface area (Å²) >= 11 is 0. The van der Waals surface area contributed by atoms with E-state index in [1.165, 1.54) is 12.1 Å². The fourth-order valence-corrected chi connectivity index (χ4v) is 0.851. The molecule has 12 heavy (non-hydrogen) atoms. The average Bonchev–Trinajstić information content (AvgIpc) is 2.03. The standard InChI is InChI=1S/C9H10F2O/c1-2-12-6-7-3-4-8(10)5-9(7)11/h3-5H,2,6H2,1H3. The zero-order valence-electron chi connectivity index (χ0n) is 6.81. The topological polar surface area (TPSA) is 9.23 Å². The summed E-state index contributed by atoms with van der Waals surface area (Å²) in [4.78, 5) is 0. The first-order valence-electron chi connectivity index (χ1n) is 3.75. The van der Waals surface area contributed by atoms with E-state index in [1.807, 2.05) is 6.92 Å². The van der Waals surface area contributed by atoms with Crippen molar-refractivity contribution in [1.82, 2.24) is 0 Å². The molecule has 0 N–H and O–H groups in total.